The van der Waals surface area contributed by atoms with Gasteiger partial charge in [0.15, 0.2) is 5.96 Å². The molecule has 7 nitrogen and oxygen atoms in total. The highest BCUT2D eigenvalue weighted by Gasteiger charge is 2.21. The minimum atomic E-state index is -0.747. The van der Waals surface area contributed by atoms with E-state index < -0.39 is 6.10 Å². The third-order valence-electron chi connectivity index (χ3n) is 4.50. The molecule has 0 aromatic heterocycles. The van der Waals surface area contributed by atoms with Gasteiger partial charge in [-0.15, -0.1) is 0 Å². The number of nitrogens with zero attached hydrogens (tertiary/aromatic N) is 3. The zero-order chi connectivity index (χ0) is 20.5. The first-order valence-corrected chi connectivity index (χ1v) is 10.3. The van der Waals surface area contributed by atoms with Gasteiger partial charge in [-0.2, -0.15) is 0 Å². The number of rotatable bonds is 7. The van der Waals surface area contributed by atoms with E-state index in [0.717, 1.165) is 38.7 Å². The van der Waals surface area contributed by atoms with E-state index >= 15 is 0 Å². The molecule has 1 fully saturated rings. The highest BCUT2D eigenvalue weighted by molar-refractivity contribution is 6.31. The second kappa shape index (κ2) is 11.2. The first-order chi connectivity index (χ1) is 13.4. The molecule has 1 atom stereocenters. The number of carbonyl (C=O) groups is 1. The highest BCUT2D eigenvalue weighted by atomic mass is 35.5. The molecule has 0 saturated carbocycles. The molecule has 1 heterocycles. The molecule has 0 radical (unpaired) electrons. The monoisotopic (exact) mass is 409 g/mol. The Morgan fingerprint density at radius 3 is 2.54 bits per heavy atom. The average Bonchev–Trinajstić information content (AvgIpc) is 2.65. The number of guanidine groups is 1. The van der Waals surface area contributed by atoms with E-state index in [9.17, 15) is 9.90 Å². The van der Waals surface area contributed by atoms with Gasteiger partial charge in [-0.05, 0) is 26.8 Å². The first-order valence-electron chi connectivity index (χ1n) is 9.88. The third kappa shape index (κ3) is 6.96. The van der Waals surface area contributed by atoms with Crippen LogP contribution in [0.1, 0.15) is 32.4 Å². The lowest BCUT2D eigenvalue weighted by molar-refractivity contribution is -0.123. The largest absolute Gasteiger partial charge is 0.386 e. The maximum Gasteiger partial charge on any atom is 0.234 e. The molecule has 1 aromatic carbocycles. The smallest absolute Gasteiger partial charge is 0.234 e. The van der Waals surface area contributed by atoms with Crippen LogP contribution in [0.4, 0.5) is 0 Å². The van der Waals surface area contributed by atoms with Crippen molar-refractivity contribution >= 4 is 23.5 Å². The maximum absolute atomic E-state index is 11.9. The topological polar surface area (TPSA) is 80.2 Å². The Labute approximate surface area is 172 Å². The summed E-state index contributed by atoms with van der Waals surface area (Å²) in [6.07, 6.45) is -0.747. The number of aliphatic hydroxyl groups excluding tert-OH is 1. The Balaban J connectivity index is 1.91. The average molecular weight is 410 g/mol. The number of benzene rings is 1. The Kier molecular flexibility index (Phi) is 9.02. The van der Waals surface area contributed by atoms with E-state index in [-0.39, 0.29) is 18.5 Å². The lowest BCUT2D eigenvalue weighted by Gasteiger charge is -2.36. The fourth-order valence-corrected chi connectivity index (χ4v) is 3.39. The molecule has 1 aliphatic heterocycles. The van der Waals surface area contributed by atoms with Crippen molar-refractivity contribution in [2.24, 2.45) is 4.99 Å². The van der Waals surface area contributed by atoms with Crippen molar-refractivity contribution in [1.82, 2.24) is 20.4 Å². The molecule has 3 N–H and O–H groups in total. The van der Waals surface area contributed by atoms with Gasteiger partial charge in [0, 0.05) is 49.4 Å². The van der Waals surface area contributed by atoms with Crippen molar-refractivity contribution in [3.8, 4) is 0 Å². The van der Waals surface area contributed by atoms with Crippen LogP contribution >= 0.6 is 11.6 Å². The Hall–Kier alpha value is -1.83. The van der Waals surface area contributed by atoms with Gasteiger partial charge < -0.3 is 20.6 Å². The minimum absolute atomic E-state index is 0.0619. The van der Waals surface area contributed by atoms with Crippen LogP contribution in [-0.4, -0.2) is 78.6 Å². The molecular weight excluding hydrogens is 378 g/mol. The number of hydrogen-bond acceptors (Lipinski definition) is 4. The van der Waals surface area contributed by atoms with Crippen LogP contribution in [0.15, 0.2) is 29.3 Å². The zero-order valence-electron chi connectivity index (χ0n) is 17.0. The fourth-order valence-electron chi connectivity index (χ4n) is 3.13. The summed E-state index contributed by atoms with van der Waals surface area (Å²) in [5.41, 5.74) is 0.685. The SMILES string of the molecule is CCNC(=NCC(O)c1ccccc1Cl)N1CCN(CC(=O)NC(C)C)CC1. The molecule has 0 spiro atoms. The molecule has 1 aromatic rings. The van der Waals surface area contributed by atoms with Crippen molar-refractivity contribution in [3.63, 3.8) is 0 Å². The quantitative estimate of drug-likeness (QED) is 0.469. The molecule has 1 saturated heterocycles. The van der Waals surface area contributed by atoms with E-state index in [4.69, 9.17) is 11.6 Å². The van der Waals surface area contributed by atoms with Crippen molar-refractivity contribution < 1.29 is 9.90 Å². The van der Waals surface area contributed by atoms with Crippen LogP contribution in [0.3, 0.4) is 0 Å². The summed E-state index contributed by atoms with van der Waals surface area (Å²) in [5.74, 6) is 0.840. The van der Waals surface area contributed by atoms with Crippen molar-refractivity contribution in [3.05, 3.63) is 34.9 Å². The normalized spacial score (nSPS) is 16.9. The van der Waals surface area contributed by atoms with Crippen molar-refractivity contribution in [2.45, 2.75) is 32.9 Å². The lowest BCUT2D eigenvalue weighted by atomic mass is 10.1. The van der Waals surface area contributed by atoms with Crippen LogP contribution in [0.5, 0.6) is 0 Å². The summed E-state index contributed by atoms with van der Waals surface area (Å²) in [4.78, 5) is 20.9. The highest BCUT2D eigenvalue weighted by Crippen LogP contribution is 2.22. The van der Waals surface area contributed by atoms with Crippen LogP contribution in [0, 0.1) is 0 Å². The summed E-state index contributed by atoms with van der Waals surface area (Å²) < 4.78 is 0. The number of nitrogens with one attached hydrogen (secondary N) is 2. The lowest BCUT2D eigenvalue weighted by Crippen LogP contribution is -2.54. The van der Waals surface area contributed by atoms with Gasteiger partial charge in [-0.3, -0.25) is 14.7 Å². The second-order valence-corrected chi connectivity index (χ2v) is 7.62. The molecule has 0 bridgehead atoms. The van der Waals surface area contributed by atoms with Gasteiger partial charge in [0.05, 0.1) is 13.1 Å². The number of hydrogen-bond donors (Lipinski definition) is 3. The molecule has 1 amide bonds. The Bertz CT molecular complexity index is 660. The summed E-state index contributed by atoms with van der Waals surface area (Å²) in [6.45, 7) is 10.5. The standard InChI is InChI=1S/C20H32ClN5O2/c1-4-22-20(23-13-18(27)16-7-5-6-8-17(16)21)26-11-9-25(10-12-26)14-19(28)24-15(2)3/h5-8,15,18,27H,4,9-14H2,1-3H3,(H,22,23)(H,24,28). The van der Waals surface area contributed by atoms with Gasteiger partial charge in [-0.25, -0.2) is 0 Å². The molecule has 8 heteroatoms. The van der Waals surface area contributed by atoms with Crippen LogP contribution in [-0.2, 0) is 4.79 Å². The first kappa shape index (κ1) is 22.5. The Morgan fingerprint density at radius 1 is 1.25 bits per heavy atom. The van der Waals surface area contributed by atoms with E-state index in [0.29, 0.717) is 17.1 Å². The zero-order valence-corrected chi connectivity index (χ0v) is 17.7. The number of halogens is 1. The molecule has 1 unspecified atom stereocenters. The molecule has 2 rings (SSSR count). The van der Waals surface area contributed by atoms with Crippen molar-refractivity contribution in [2.75, 3.05) is 45.8 Å². The summed E-state index contributed by atoms with van der Waals surface area (Å²) in [7, 11) is 0. The van der Waals surface area contributed by atoms with Crippen LogP contribution < -0.4 is 10.6 Å². The maximum atomic E-state index is 11.9. The van der Waals surface area contributed by atoms with Crippen LogP contribution in [0.25, 0.3) is 0 Å². The van der Waals surface area contributed by atoms with Gasteiger partial charge in [0.1, 0.15) is 6.10 Å². The van der Waals surface area contributed by atoms with Gasteiger partial charge >= 0.3 is 0 Å². The minimum Gasteiger partial charge on any atom is -0.386 e. The predicted octanol–water partition coefficient (Wildman–Crippen LogP) is 1.48. The molecule has 0 aliphatic carbocycles. The van der Waals surface area contributed by atoms with E-state index in [2.05, 4.69) is 25.4 Å². The number of piperazine rings is 1. The summed E-state index contributed by atoms with van der Waals surface area (Å²) in [6, 6.07) is 7.44. The van der Waals surface area contributed by atoms with E-state index in [1.807, 2.05) is 39.0 Å². The van der Waals surface area contributed by atoms with Gasteiger partial charge in [0.2, 0.25) is 5.91 Å². The van der Waals surface area contributed by atoms with E-state index in [1.165, 1.54) is 0 Å². The number of aliphatic hydroxyl groups is 1. The van der Waals surface area contributed by atoms with Gasteiger partial charge in [0.25, 0.3) is 0 Å². The number of carbonyl (C=O) groups excluding carboxylic acids is 1. The van der Waals surface area contributed by atoms with E-state index in [1.54, 1.807) is 6.07 Å². The molecule has 28 heavy (non-hydrogen) atoms. The van der Waals surface area contributed by atoms with Crippen LogP contribution in [0.2, 0.25) is 5.02 Å². The Morgan fingerprint density at radius 2 is 1.93 bits per heavy atom. The third-order valence-corrected chi connectivity index (χ3v) is 4.85. The van der Waals surface area contributed by atoms with Gasteiger partial charge in [-0.1, -0.05) is 29.8 Å². The summed E-state index contributed by atoms with van der Waals surface area (Å²) in [5, 5.41) is 17.2. The summed E-state index contributed by atoms with van der Waals surface area (Å²) >= 11 is 6.16. The van der Waals surface area contributed by atoms with Crippen molar-refractivity contribution in [1.29, 1.82) is 0 Å². The molecule has 1 aliphatic rings. The number of aliphatic imine (C=N–C) groups is 1. The predicted molar refractivity (Wildman–Crippen MR) is 114 cm³/mol. The molecular formula is C20H32ClN5O2. The second-order valence-electron chi connectivity index (χ2n) is 7.22. The fraction of sp³-hybridized carbons (Fsp3) is 0.600. The molecule has 156 valence electrons. The number of amides is 1.